The zero-order valence-electron chi connectivity index (χ0n) is 15.8. The number of carbonyl (C=O) groups excluding carboxylic acids is 1. The summed E-state index contributed by atoms with van der Waals surface area (Å²) < 4.78 is 0. The molecule has 0 saturated carbocycles. The molecule has 1 atom stereocenters. The van der Waals surface area contributed by atoms with E-state index in [1.54, 1.807) is 11.3 Å². The van der Waals surface area contributed by atoms with Gasteiger partial charge in [-0.05, 0) is 56.2 Å². The van der Waals surface area contributed by atoms with E-state index in [1.165, 1.54) is 35.3 Å². The summed E-state index contributed by atoms with van der Waals surface area (Å²) >= 11 is 1.61. The molecule has 4 rings (SSSR count). The molecule has 1 aliphatic heterocycles. The molecule has 0 fully saturated rings. The van der Waals surface area contributed by atoms with Crippen LogP contribution in [-0.4, -0.2) is 18.5 Å². The topological polar surface area (TPSA) is 56.1 Å². The standard InChI is InChI=1S/C22H25N3OS/c1-15-12-16-8-6-7-10-19(16)25(15)14-21(26)24-22-18(13-23)17-9-4-2-3-5-11-20(17)27-22/h6-8,10,15H,2-5,9,11-12,14H2,1H3,(H,24,26). The van der Waals surface area contributed by atoms with Gasteiger partial charge in [-0.3, -0.25) is 4.79 Å². The van der Waals surface area contributed by atoms with Crippen LogP contribution in [0.1, 0.15) is 54.2 Å². The van der Waals surface area contributed by atoms with Crippen molar-refractivity contribution < 1.29 is 4.79 Å². The largest absolute Gasteiger partial charge is 0.359 e. The maximum absolute atomic E-state index is 12.8. The number of nitrogens with zero attached hydrogens (tertiary/aromatic N) is 2. The van der Waals surface area contributed by atoms with Gasteiger partial charge in [0.1, 0.15) is 11.1 Å². The Labute approximate surface area is 164 Å². The number of thiophene rings is 1. The highest BCUT2D eigenvalue weighted by Crippen LogP contribution is 2.37. The lowest BCUT2D eigenvalue weighted by Crippen LogP contribution is -2.37. The third-order valence-corrected chi connectivity index (χ3v) is 6.91. The Morgan fingerprint density at radius 3 is 2.85 bits per heavy atom. The van der Waals surface area contributed by atoms with Crippen molar-refractivity contribution >= 4 is 27.9 Å². The molecule has 2 heterocycles. The first-order valence-corrected chi connectivity index (χ1v) is 10.7. The van der Waals surface area contributed by atoms with E-state index in [0.29, 0.717) is 18.2 Å². The third-order valence-electron chi connectivity index (χ3n) is 5.70. The molecule has 140 valence electrons. The van der Waals surface area contributed by atoms with Crippen LogP contribution in [0.25, 0.3) is 0 Å². The molecule has 1 unspecified atom stereocenters. The summed E-state index contributed by atoms with van der Waals surface area (Å²) in [5.41, 5.74) is 4.33. The van der Waals surface area contributed by atoms with Crippen LogP contribution in [0.2, 0.25) is 0 Å². The number of rotatable bonds is 3. The molecule has 1 aliphatic carbocycles. The van der Waals surface area contributed by atoms with Crippen LogP contribution in [0, 0.1) is 11.3 Å². The van der Waals surface area contributed by atoms with Crippen molar-refractivity contribution in [2.24, 2.45) is 0 Å². The fourth-order valence-corrected chi connectivity index (χ4v) is 5.57. The van der Waals surface area contributed by atoms with Gasteiger partial charge in [0.05, 0.1) is 12.1 Å². The Bertz CT molecular complexity index is 895. The number of para-hydroxylation sites is 1. The molecule has 2 aromatic rings. The fourth-order valence-electron chi connectivity index (χ4n) is 4.32. The van der Waals surface area contributed by atoms with E-state index in [4.69, 9.17) is 0 Å². The zero-order valence-corrected chi connectivity index (χ0v) is 16.6. The second-order valence-electron chi connectivity index (χ2n) is 7.59. The van der Waals surface area contributed by atoms with Gasteiger partial charge in [0.15, 0.2) is 0 Å². The van der Waals surface area contributed by atoms with Crippen molar-refractivity contribution in [1.29, 1.82) is 5.26 Å². The summed E-state index contributed by atoms with van der Waals surface area (Å²) in [5.74, 6) is -0.0377. The van der Waals surface area contributed by atoms with Gasteiger partial charge in [0.2, 0.25) is 5.91 Å². The summed E-state index contributed by atoms with van der Waals surface area (Å²) in [4.78, 5) is 16.2. The van der Waals surface area contributed by atoms with Gasteiger partial charge < -0.3 is 10.2 Å². The summed E-state index contributed by atoms with van der Waals surface area (Å²) in [6.07, 6.45) is 7.76. The number of aryl methyl sites for hydroxylation is 1. The molecule has 0 radical (unpaired) electrons. The average Bonchev–Trinajstić information content (AvgIpc) is 3.12. The number of amides is 1. The number of nitriles is 1. The predicted molar refractivity (Wildman–Crippen MR) is 110 cm³/mol. The van der Waals surface area contributed by atoms with Gasteiger partial charge >= 0.3 is 0 Å². The van der Waals surface area contributed by atoms with Crippen LogP contribution in [0.15, 0.2) is 24.3 Å². The second kappa shape index (κ2) is 7.74. The molecule has 4 nitrogen and oxygen atoms in total. The number of nitrogens with one attached hydrogen (secondary N) is 1. The molecular formula is C22H25N3OS. The molecular weight excluding hydrogens is 354 g/mol. The Morgan fingerprint density at radius 2 is 2.04 bits per heavy atom. The van der Waals surface area contributed by atoms with Crippen LogP contribution in [-0.2, 0) is 24.1 Å². The lowest BCUT2D eigenvalue weighted by molar-refractivity contribution is -0.115. The fraction of sp³-hybridized carbons (Fsp3) is 0.455. The SMILES string of the molecule is CC1Cc2ccccc2N1CC(=O)Nc1sc2c(c1C#N)CCCCCC2. The van der Waals surface area contributed by atoms with E-state index in [9.17, 15) is 10.1 Å². The summed E-state index contributed by atoms with van der Waals surface area (Å²) in [7, 11) is 0. The minimum atomic E-state index is -0.0377. The molecule has 1 N–H and O–H groups in total. The molecule has 27 heavy (non-hydrogen) atoms. The van der Waals surface area contributed by atoms with Crippen molar-refractivity contribution in [3.05, 3.63) is 45.8 Å². The van der Waals surface area contributed by atoms with Crippen LogP contribution in [0.4, 0.5) is 10.7 Å². The number of hydrogen-bond donors (Lipinski definition) is 1. The molecule has 1 amide bonds. The van der Waals surface area contributed by atoms with Crippen molar-refractivity contribution in [3.63, 3.8) is 0 Å². The molecule has 5 heteroatoms. The number of carbonyl (C=O) groups is 1. The molecule has 0 saturated heterocycles. The normalized spacial score (nSPS) is 18.8. The number of hydrogen-bond acceptors (Lipinski definition) is 4. The minimum Gasteiger partial charge on any atom is -0.359 e. The molecule has 0 spiro atoms. The second-order valence-corrected chi connectivity index (χ2v) is 8.70. The van der Waals surface area contributed by atoms with Gasteiger partial charge in [-0.1, -0.05) is 31.0 Å². The van der Waals surface area contributed by atoms with Crippen LogP contribution in [0.3, 0.4) is 0 Å². The Hall–Kier alpha value is -2.32. The number of benzene rings is 1. The van der Waals surface area contributed by atoms with E-state index >= 15 is 0 Å². The van der Waals surface area contributed by atoms with Crippen molar-refractivity contribution in [2.75, 3.05) is 16.8 Å². The minimum absolute atomic E-state index is 0.0377. The Kier molecular flexibility index (Phi) is 5.18. The van der Waals surface area contributed by atoms with E-state index in [-0.39, 0.29) is 5.91 Å². The van der Waals surface area contributed by atoms with Crippen molar-refractivity contribution in [2.45, 2.75) is 57.9 Å². The van der Waals surface area contributed by atoms with Gasteiger partial charge in [-0.15, -0.1) is 11.3 Å². The smallest absolute Gasteiger partial charge is 0.244 e. The third kappa shape index (κ3) is 3.59. The average molecular weight is 380 g/mol. The summed E-state index contributed by atoms with van der Waals surface area (Å²) in [5, 5.41) is 13.5. The molecule has 1 aromatic carbocycles. The van der Waals surface area contributed by atoms with Crippen LogP contribution in [0.5, 0.6) is 0 Å². The maximum Gasteiger partial charge on any atom is 0.244 e. The lowest BCUT2D eigenvalue weighted by atomic mass is 9.97. The van der Waals surface area contributed by atoms with Crippen molar-refractivity contribution in [3.8, 4) is 6.07 Å². The number of fused-ring (bicyclic) bond motifs is 2. The first-order valence-electron chi connectivity index (χ1n) is 9.86. The van der Waals surface area contributed by atoms with Crippen molar-refractivity contribution in [1.82, 2.24) is 0 Å². The van der Waals surface area contributed by atoms with E-state index in [2.05, 4.69) is 41.4 Å². The quantitative estimate of drug-likeness (QED) is 0.843. The summed E-state index contributed by atoms with van der Waals surface area (Å²) in [6.45, 7) is 2.48. The van der Waals surface area contributed by atoms with Crippen LogP contribution >= 0.6 is 11.3 Å². The van der Waals surface area contributed by atoms with E-state index < -0.39 is 0 Å². The lowest BCUT2D eigenvalue weighted by Gasteiger charge is -2.24. The Balaban J connectivity index is 1.52. The van der Waals surface area contributed by atoms with Gasteiger partial charge in [0, 0.05) is 16.6 Å². The number of anilines is 2. The highest BCUT2D eigenvalue weighted by molar-refractivity contribution is 7.16. The van der Waals surface area contributed by atoms with Gasteiger partial charge in [0.25, 0.3) is 0 Å². The highest BCUT2D eigenvalue weighted by atomic mass is 32.1. The highest BCUT2D eigenvalue weighted by Gasteiger charge is 2.28. The zero-order chi connectivity index (χ0) is 18.8. The molecule has 1 aromatic heterocycles. The maximum atomic E-state index is 12.8. The Morgan fingerprint density at radius 1 is 1.26 bits per heavy atom. The van der Waals surface area contributed by atoms with E-state index in [0.717, 1.165) is 36.4 Å². The predicted octanol–water partition coefficient (Wildman–Crippen LogP) is 4.67. The van der Waals surface area contributed by atoms with E-state index in [1.807, 2.05) is 6.07 Å². The van der Waals surface area contributed by atoms with Gasteiger partial charge in [-0.25, -0.2) is 0 Å². The first kappa shape index (κ1) is 18.1. The summed E-state index contributed by atoms with van der Waals surface area (Å²) in [6, 6.07) is 11.0. The van der Waals surface area contributed by atoms with Crippen LogP contribution < -0.4 is 10.2 Å². The first-order chi connectivity index (χ1) is 13.2. The van der Waals surface area contributed by atoms with Gasteiger partial charge in [-0.2, -0.15) is 5.26 Å². The molecule has 2 aliphatic rings. The monoisotopic (exact) mass is 379 g/mol. The molecule has 0 bridgehead atoms.